The Morgan fingerprint density at radius 3 is 2.78 bits per heavy atom. The smallest absolute Gasteiger partial charge is 0.322 e. The summed E-state index contributed by atoms with van der Waals surface area (Å²) in [7, 11) is 1.51. The maximum absolute atomic E-state index is 5.30. The number of ether oxygens (including phenoxy) is 1. The van der Waals surface area contributed by atoms with E-state index in [4.69, 9.17) is 10.6 Å². The second-order valence-corrected chi connectivity index (χ2v) is 6.05. The van der Waals surface area contributed by atoms with Crippen LogP contribution in [0.1, 0.15) is 19.8 Å². The highest BCUT2D eigenvalue weighted by Crippen LogP contribution is 2.37. The molecule has 1 aliphatic rings. The SMILES string of the molecule is COc1nc(NN)nc(NCC2(C)CCCS2)n1. The lowest BCUT2D eigenvalue weighted by Crippen LogP contribution is -2.28. The zero-order valence-electron chi connectivity index (χ0n) is 10.6. The highest BCUT2D eigenvalue weighted by Gasteiger charge is 2.29. The van der Waals surface area contributed by atoms with E-state index in [0.29, 0.717) is 5.95 Å². The maximum Gasteiger partial charge on any atom is 0.322 e. The van der Waals surface area contributed by atoms with Gasteiger partial charge in [-0.2, -0.15) is 26.7 Å². The van der Waals surface area contributed by atoms with Crippen LogP contribution in [0.4, 0.5) is 11.9 Å². The number of aromatic nitrogens is 3. The summed E-state index contributed by atoms with van der Waals surface area (Å²) in [6.45, 7) is 3.06. The Morgan fingerprint density at radius 2 is 2.17 bits per heavy atom. The quantitative estimate of drug-likeness (QED) is 0.535. The van der Waals surface area contributed by atoms with Crippen LogP contribution in [-0.4, -0.2) is 39.1 Å². The number of thioether (sulfide) groups is 1. The Hall–Kier alpha value is -1.28. The van der Waals surface area contributed by atoms with Crippen LogP contribution in [0.15, 0.2) is 0 Å². The third-order valence-electron chi connectivity index (χ3n) is 2.85. The molecular weight excluding hydrogens is 252 g/mol. The summed E-state index contributed by atoms with van der Waals surface area (Å²) in [6, 6.07) is 0.240. The predicted molar refractivity (Wildman–Crippen MR) is 72.8 cm³/mol. The molecule has 4 N–H and O–H groups in total. The molecule has 2 rings (SSSR count). The van der Waals surface area contributed by atoms with Crippen LogP contribution in [0.3, 0.4) is 0 Å². The summed E-state index contributed by atoms with van der Waals surface area (Å²) in [5.74, 6) is 7.27. The minimum atomic E-state index is 0.240. The number of nitrogens with zero attached hydrogens (tertiary/aromatic N) is 3. The van der Waals surface area contributed by atoms with Crippen molar-refractivity contribution in [3.8, 4) is 6.01 Å². The molecule has 1 unspecified atom stereocenters. The largest absolute Gasteiger partial charge is 0.467 e. The van der Waals surface area contributed by atoms with E-state index >= 15 is 0 Å². The fourth-order valence-corrected chi connectivity index (χ4v) is 3.08. The van der Waals surface area contributed by atoms with E-state index in [9.17, 15) is 0 Å². The van der Waals surface area contributed by atoms with Crippen LogP contribution in [0, 0.1) is 0 Å². The molecule has 7 nitrogen and oxygen atoms in total. The fourth-order valence-electron chi connectivity index (χ4n) is 1.83. The number of rotatable bonds is 5. The van der Waals surface area contributed by atoms with Crippen molar-refractivity contribution in [1.29, 1.82) is 0 Å². The Balaban J connectivity index is 2.04. The van der Waals surface area contributed by atoms with E-state index in [1.165, 1.54) is 25.7 Å². The number of methoxy groups -OCH3 is 1. The number of nitrogens with two attached hydrogens (primary N) is 1. The zero-order valence-corrected chi connectivity index (χ0v) is 11.4. The van der Waals surface area contributed by atoms with Crippen LogP contribution < -0.4 is 21.3 Å². The van der Waals surface area contributed by atoms with Crippen molar-refractivity contribution in [2.45, 2.75) is 24.5 Å². The van der Waals surface area contributed by atoms with Gasteiger partial charge in [-0.1, -0.05) is 0 Å². The van der Waals surface area contributed by atoms with E-state index in [1.54, 1.807) is 0 Å². The summed E-state index contributed by atoms with van der Waals surface area (Å²) in [5, 5.41) is 3.22. The van der Waals surface area contributed by atoms with Crippen LogP contribution in [0.25, 0.3) is 0 Å². The van der Waals surface area contributed by atoms with Gasteiger partial charge in [-0.25, -0.2) is 5.84 Å². The van der Waals surface area contributed by atoms with Gasteiger partial charge in [0.1, 0.15) is 0 Å². The molecule has 1 saturated heterocycles. The predicted octanol–water partition coefficient (Wildman–Crippen LogP) is 0.863. The first-order valence-corrected chi connectivity index (χ1v) is 6.78. The summed E-state index contributed by atoms with van der Waals surface area (Å²) in [6.07, 6.45) is 2.47. The number of nitrogen functional groups attached to an aromatic ring is 1. The number of nitrogens with one attached hydrogen (secondary N) is 2. The van der Waals surface area contributed by atoms with Crippen LogP contribution in [-0.2, 0) is 0 Å². The minimum Gasteiger partial charge on any atom is -0.467 e. The Kier molecular flexibility index (Phi) is 4.07. The lowest BCUT2D eigenvalue weighted by Gasteiger charge is -2.22. The van der Waals surface area contributed by atoms with Crippen LogP contribution >= 0.6 is 11.8 Å². The molecule has 0 radical (unpaired) electrons. The van der Waals surface area contributed by atoms with Gasteiger partial charge < -0.3 is 10.1 Å². The van der Waals surface area contributed by atoms with E-state index < -0.39 is 0 Å². The molecule has 8 heteroatoms. The average molecular weight is 270 g/mol. The van der Waals surface area contributed by atoms with Crippen molar-refractivity contribution in [2.24, 2.45) is 5.84 Å². The Labute approximate surface area is 110 Å². The van der Waals surface area contributed by atoms with Gasteiger partial charge in [-0.05, 0) is 25.5 Å². The molecule has 1 aromatic heterocycles. The molecule has 0 amide bonds. The van der Waals surface area contributed by atoms with Gasteiger partial charge in [0.2, 0.25) is 11.9 Å². The minimum absolute atomic E-state index is 0.240. The van der Waals surface area contributed by atoms with Crippen molar-refractivity contribution < 1.29 is 4.74 Å². The van der Waals surface area contributed by atoms with Gasteiger partial charge in [0.05, 0.1) is 7.11 Å². The van der Waals surface area contributed by atoms with Crippen molar-refractivity contribution >= 4 is 23.7 Å². The first-order valence-electron chi connectivity index (χ1n) is 5.80. The van der Waals surface area contributed by atoms with Gasteiger partial charge >= 0.3 is 6.01 Å². The van der Waals surface area contributed by atoms with Gasteiger partial charge in [0, 0.05) is 11.3 Å². The molecule has 0 aromatic carbocycles. The monoisotopic (exact) mass is 270 g/mol. The van der Waals surface area contributed by atoms with Gasteiger partial charge in [-0.3, -0.25) is 5.43 Å². The van der Waals surface area contributed by atoms with Crippen molar-refractivity contribution in [1.82, 2.24) is 15.0 Å². The molecule has 0 bridgehead atoms. The van der Waals surface area contributed by atoms with Crippen LogP contribution in [0.5, 0.6) is 6.01 Å². The topological polar surface area (TPSA) is 98.0 Å². The molecule has 2 heterocycles. The molecule has 0 aliphatic carbocycles. The van der Waals surface area contributed by atoms with Gasteiger partial charge in [-0.15, -0.1) is 0 Å². The molecule has 1 aromatic rings. The third kappa shape index (κ3) is 3.14. The molecule has 18 heavy (non-hydrogen) atoms. The second-order valence-electron chi connectivity index (χ2n) is 4.37. The number of anilines is 2. The summed E-state index contributed by atoms with van der Waals surface area (Å²) >= 11 is 1.98. The normalized spacial score (nSPS) is 22.8. The van der Waals surface area contributed by atoms with Gasteiger partial charge in [0.15, 0.2) is 0 Å². The first-order chi connectivity index (χ1) is 8.65. The number of hydrazine groups is 1. The standard InChI is InChI=1S/C10H18N6OS/c1-10(4-3-5-18-10)6-12-7-13-8(16-11)15-9(14-7)17-2/h3-6,11H2,1-2H3,(H2,12,13,14,15,16). The summed E-state index contributed by atoms with van der Waals surface area (Å²) < 4.78 is 5.24. The average Bonchev–Trinajstić information content (AvgIpc) is 2.83. The fraction of sp³-hybridized carbons (Fsp3) is 0.700. The molecule has 0 saturated carbocycles. The molecule has 1 atom stereocenters. The zero-order chi connectivity index (χ0) is 13.0. The lowest BCUT2D eigenvalue weighted by atomic mass is 10.1. The van der Waals surface area contributed by atoms with Crippen molar-refractivity contribution in [2.75, 3.05) is 30.1 Å². The highest BCUT2D eigenvalue weighted by atomic mass is 32.2. The molecule has 1 fully saturated rings. The Morgan fingerprint density at radius 1 is 1.39 bits per heavy atom. The van der Waals surface area contributed by atoms with Crippen molar-refractivity contribution in [3.05, 3.63) is 0 Å². The highest BCUT2D eigenvalue weighted by molar-refractivity contribution is 8.00. The molecule has 0 spiro atoms. The molecular formula is C10H18N6OS. The first kappa shape index (κ1) is 13.2. The summed E-state index contributed by atoms with van der Waals surface area (Å²) in [5.41, 5.74) is 2.39. The van der Waals surface area contributed by atoms with E-state index in [2.05, 4.69) is 32.6 Å². The third-order valence-corrected chi connectivity index (χ3v) is 4.39. The van der Waals surface area contributed by atoms with E-state index in [0.717, 1.165) is 6.54 Å². The number of hydrogen-bond donors (Lipinski definition) is 3. The summed E-state index contributed by atoms with van der Waals surface area (Å²) in [4.78, 5) is 12.2. The maximum atomic E-state index is 5.30. The van der Waals surface area contributed by atoms with Crippen molar-refractivity contribution in [3.63, 3.8) is 0 Å². The number of hydrogen-bond acceptors (Lipinski definition) is 8. The van der Waals surface area contributed by atoms with E-state index in [-0.39, 0.29) is 16.7 Å². The van der Waals surface area contributed by atoms with E-state index in [1.807, 2.05) is 11.8 Å². The lowest BCUT2D eigenvalue weighted by molar-refractivity contribution is 0.379. The second kappa shape index (κ2) is 5.57. The molecule has 100 valence electrons. The molecule has 1 aliphatic heterocycles. The van der Waals surface area contributed by atoms with Gasteiger partial charge in [0.25, 0.3) is 0 Å². The Bertz CT molecular complexity index is 387. The van der Waals surface area contributed by atoms with Crippen LogP contribution in [0.2, 0.25) is 0 Å².